The molecule has 0 radical (unpaired) electrons. The molecule has 27 heavy (non-hydrogen) atoms. The summed E-state index contributed by atoms with van der Waals surface area (Å²) < 4.78 is 31.4. The van der Waals surface area contributed by atoms with Crippen LogP contribution in [0.3, 0.4) is 0 Å². The van der Waals surface area contributed by atoms with Crippen LogP contribution in [0.15, 0.2) is 42.5 Å². The predicted molar refractivity (Wildman–Crippen MR) is 96.1 cm³/mol. The number of nitrogens with zero attached hydrogens (tertiary/aromatic N) is 1. The summed E-state index contributed by atoms with van der Waals surface area (Å²) in [6.07, 6.45) is 0. The summed E-state index contributed by atoms with van der Waals surface area (Å²) in [6, 6.07) is 9.65. The number of hydrogen-bond acceptors (Lipinski definition) is 3. The van der Waals surface area contributed by atoms with Gasteiger partial charge in [0.25, 0.3) is 0 Å². The molecule has 2 aromatic rings. The van der Waals surface area contributed by atoms with Crippen LogP contribution >= 0.6 is 0 Å². The average molecular weight is 377 g/mol. The van der Waals surface area contributed by atoms with Crippen LogP contribution in [0.25, 0.3) is 0 Å². The van der Waals surface area contributed by atoms with E-state index in [-0.39, 0.29) is 37.1 Å². The molecule has 0 saturated heterocycles. The minimum Gasteiger partial charge on any atom is -0.494 e. The fourth-order valence-corrected chi connectivity index (χ4v) is 2.31. The molecule has 0 aliphatic carbocycles. The fraction of sp³-hybridized carbons (Fsp3) is 0.263. The van der Waals surface area contributed by atoms with E-state index in [2.05, 4.69) is 10.6 Å². The summed E-state index contributed by atoms with van der Waals surface area (Å²) in [5.74, 6) is -1.06. The van der Waals surface area contributed by atoms with Crippen molar-refractivity contribution in [3.05, 3.63) is 65.2 Å². The number of ether oxygens (including phenoxy) is 1. The van der Waals surface area contributed by atoms with Crippen molar-refractivity contribution >= 4 is 11.9 Å². The summed E-state index contributed by atoms with van der Waals surface area (Å²) in [6.45, 7) is 0.199. The van der Waals surface area contributed by atoms with Crippen molar-refractivity contribution < 1.29 is 23.1 Å². The second-order valence-electron chi connectivity index (χ2n) is 5.88. The van der Waals surface area contributed by atoms with Gasteiger partial charge < -0.3 is 20.3 Å². The topological polar surface area (TPSA) is 70.7 Å². The number of methoxy groups -OCH3 is 1. The molecule has 0 aliphatic heterocycles. The highest BCUT2D eigenvalue weighted by molar-refractivity contribution is 5.83. The molecule has 144 valence electrons. The molecular formula is C19H21F2N3O3. The monoisotopic (exact) mass is 377 g/mol. The lowest BCUT2D eigenvalue weighted by Gasteiger charge is -2.18. The van der Waals surface area contributed by atoms with Gasteiger partial charge in [0, 0.05) is 20.1 Å². The zero-order valence-corrected chi connectivity index (χ0v) is 15.1. The van der Waals surface area contributed by atoms with Crippen LogP contribution in [0, 0.1) is 11.6 Å². The van der Waals surface area contributed by atoms with Crippen molar-refractivity contribution in [2.45, 2.75) is 13.1 Å². The largest absolute Gasteiger partial charge is 0.494 e. The molecule has 2 N–H and O–H groups in total. The molecule has 0 bridgehead atoms. The van der Waals surface area contributed by atoms with Gasteiger partial charge in [-0.05, 0) is 35.4 Å². The second kappa shape index (κ2) is 9.51. The zero-order chi connectivity index (χ0) is 19.8. The summed E-state index contributed by atoms with van der Waals surface area (Å²) in [7, 11) is 2.93. The van der Waals surface area contributed by atoms with Crippen molar-refractivity contribution in [1.82, 2.24) is 15.5 Å². The van der Waals surface area contributed by atoms with Gasteiger partial charge in [0.2, 0.25) is 5.91 Å². The van der Waals surface area contributed by atoms with E-state index in [4.69, 9.17) is 4.74 Å². The third-order valence-electron chi connectivity index (χ3n) is 3.83. The third-order valence-corrected chi connectivity index (χ3v) is 3.83. The quantitative estimate of drug-likeness (QED) is 0.779. The van der Waals surface area contributed by atoms with Gasteiger partial charge in [0.15, 0.2) is 11.6 Å². The maximum atomic E-state index is 13.7. The van der Waals surface area contributed by atoms with Crippen LogP contribution in [0.1, 0.15) is 11.1 Å². The fourth-order valence-electron chi connectivity index (χ4n) is 2.31. The zero-order valence-electron chi connectivity index (χ0n) is 15.1. The molecule has 0 unspecified atom stereocenters. The maximum Gasteiger partial charge on any atom is 0.315 e. The van der Waals surface area contributed by atoms with Crippen LogP contribution in [0.5, 0.6) is 5.75 Å². The Balaban J connectivity index is 1.76. The number of hydrogen-bond donors (Lipinski definition) is 2. The average Bonchev–Trinajstić information content (AvgIpc) is 2.65. The van der Waals surface area contributed by atoms with Crippen LogP contribution < -0.4 is 15.4 Å². The third kappa shape index (κ3) is 6.25. The van der Waals surface area contributed by atoms with Gasteiger partial charge in [-0.15, -0.1) is 0 Å². The first-order valence-electron chi connectivity index (χ1n) is 8.21. The minimum atomic E-state index is -0.517. The molecule has 0 aromatic heterocycles. The minimum absolute atomic E-state index is 0.132. The molecule has 2 aromatic carbocycles. The number of benzene rings is 2. The van der Waals surface area contributed by atoms with Crippen molar-refractivity contribution in [2.75, 3.05) is 20.7 Å². The van der Waals surface area contributed by atoms with Crippen molar-refractivity contribution in [3.63, 3.8) is 0 Å². The highest BCUT2D eigenvalue weighted by Gasteiger charge is 2.12. The Morgan fingerprint density at radius 1 is 1.04 bits per heavy atom. The Kier molecular flexibility index (Phi) is 7.10. The van der Waals surface area contributed by atoms with E-state index < -0.39 is 11.8 Å². The van der Waals surface area contributed by atoms with Gasteiger partial charge in [0.1, 0.15) is 5.82 Å². The van der Waals surface area contributed by atoms with Gasteiger partial charge in [-0.2, -0.15) is 0 Å². The number of halogens is 2. The van der Waals surface area contributed by atoms with Crippen LogP contribution in [0.4, 0.5) is 13.6 Å². The van der Waals surface area contributed by atoms with Crippen molar-refractivity contribution in [3.8, 4) is 5.75 Å². The number of rotatable bonds is 7. The van der Waals surface area contributed by atoms with Gasteiger partial charge in [-0.1, -0.05) is 18.2 Å². The first kappa shape index (κ1) is 20.2. The van der Waals surface area contributed by atoms with E-state index in [1.54, 1.807) is 25.2 Å². The number of amides is 3. The molecule has 2 rings (SSSR count). The Morgan fingerprint density at radius 2 is 1.70 bits per heavy atom. The van der Waals surface area contributed by atoms with Crippen LogP contribution in [-0.2, 0) is 17.9 Å². The second-order valence-corrected chi connectivity index (χ2v) is 5.88. The van der Waals surface area contributed by atoms with E-state index in [9.17, 15) is 18.4 Å². The highest BCUT2D eigenvalue weighted by Crippen LogP contribution is 2.18. The molecule has 8 heteroatoms. The summed E-state index contributed by atoms with van der Waals surface area (Å²) in [5, 5.41) is 5.03. The normalized spacial score (nSPS) is 10.2. The molecule has 3 amide bonds. The van der Waals surface area contributed by atoms with Gasteiger partial charge in [0.05, 0.1) is 13.7 Å². The van der Waals surface area contributed by atoms with Gasteiger partial charge in [-0.3, -0.25) is 4.79 Å². The molecular weight excluding hydrogens is 356 g/mol. The van der Waals surface area contributed by atoms with E-state index in [1.165, 1.54) is 36.3 Å². The molecule has 0 spiro atoms. The highest BCUT2D eigenvalue weighted by atomic mass is 19.1. The number of nitrogens with one attached hydrogen (secondary N) is 2. The number of urea groups is 1. The Morgan fingerprint density at radius 3 is 2.33 bits per heavy atom. The van der Waals surface area contributed by atoms with E-state index in [0.717, 1.165) is 5.56 Å². The van der Waals surface area contributed by atoms with Gasteiger partial charge >= 0.3 is 6.03 Å². The van der Waals surface area contributed by atoms with E-state index in [0.29, 0.717) is 5.56 Å². The van der Waals surface area contributed by atoms with Crippen LogP contribution in [-0.4, -0.2) is 37.5 Å². The number of likely N-dealkylation sites (N-methyl/N-ethyl adjacent to an activating group) is 1. The molecule has 6 nitrogen and oxygen atoms in total. The number of carbonyl (C=O) groups excluding carboxylic acids is 2. The summed E-state index contributed by atoms with van der Waals surface area (Å²) in [5.41, 5.74) is 1.33. The van der Waals surface area contributed by atoms with Gasteiger partial charge in [-0.25, -0.2) is 13.6 Å². The molecule has 0 atom stereocenters. The van der Waals surface area contributed by atoms with E-state index >= 15 is 0 Å². The van der Waals surface area contributed by atoms with E-state index in [1.807, 2.05) is 0 Å². The smallest absolute Gasteiger partial charge is 0.315 e. The maximum absolute atomic E-state index is 13.7. The molecule has 0 saturated carbocycles. The Bertz CT molecular complexity index is 797. The van der Waals surface area contributed by atoms with Crippen molar-refractivity contribution in [2.24, 2.45) is 0 Å². The lowest BCUT2D eigenvalue weighted by atomic mass is 10.2. The lowest BCUT2D eigenvalue weighted by Crippen LogP contribution is -2.42. The van der Waals surface area contributed by atoms with Crippen LogP contribution in [0.2, 0.25) is 0 Å². The molecule has 0 aliphatic rings. The summed E-state index contributed by atoms with van der Waals surface area (Å²) in [4.78, 5) is 25.2. The summed E-state index contributed by atoms with van der Waals surface area (Å²) >= 11 is 0. The predicted octanol–water partition coefficient (Wildman–Crippen LogP) is 2.43. The SMILES string of the molecule is COc1ccc(CN(C)C(=O)CNC(=O)NCc2ccc(F)cc2)cc1F. The molecule has 0 heterocycles. The first-order chi connectivity index (χ1) is 12.9. The standard InChI is InChI=1S/C19H21F2N3O3/c1-24(12-14-5-8-17(27-2)16(21)9-14)18(25)11-23-19(26)22-10-13-3-6-15(20)7-4-13/h3-9H,10-12H2,1-2H3,(H2,22,23,26). The Labute approximate surface area is 156 Å². The molecule has 0 fully saturated rings. The van der Waals surface area contributed by atoms with Crippen molar-refractivity contribution in [1.29, 1.82) is 0 Å². The first-order valence-corrected chi connectivity index (χ1v) is 8.21. The lowest BCUT2D eigenvalue weighted by molar-refractivity contribution is -0.129. The Hall–Kier alpha value is -3.16. The number of carbonyl (C=O) groups is 2.